The van der Waals surface area contributed by atoms with Gasteiger partial charge in [-0.2, -0.15) is 26.3 Å². The van der Waals surface area contributed by atoms with Crippen molar-refractivity contribution in [3.63, 3.8) is 0 Å². The summed E-state index contributed by atoms with van der Waals surface area (Å²) in [7, 11) is 0. The number of ketones is 1. The first-order valence-corrected chi connectivity index (χ1v) is 11.4. The van der Waals surface area contributed by atoms with Gasteiger partial charge in [0.05, 0.1) is 5.56 Å². The van der Waals surface area contributed by atoms with Gasteiger partial charge in [0.15, 0.2) is 0 Å². The van der Waals surface area contributed by atoms with Crippen molar-refractivity contribution in [3.05, 3.63) is 59.2 Å². The highest BCUT2D eigenvalue weighted by molar-refractivity contribution is 5.84. The van der Waals surface area contributed by atoms with E-state index in [4.69, 9.17) is 0 Å². The molecule has 0 saturated carbocycles. The number of piperidine rings is 1. The zero-order chi connectivity index (χ0) is 25.3. The summed E-state index contributed by atoms with van der Waals surface area (Å²) < 4.78 is 78.2. The molecular weight excluding hydrogens is 456 g/mol. The molecule has 2 nitrogen and oxygen atoms in total. The number of benzene rings is 2. The highest BCUT2D eigenvalue weighted by Gasteiger charge is 2.41. The highest BCUT2D eigenvalue weighted by atomic mass is 19.4. The molecule has 3 atom stereocenters. The predicted octanol–water partition coefficient (Wildman–Crippen LogP) is 7.49. The van der Waals surface area contributed by atoms with Crippen molar-refractivity contribution in [1.29, 1.82) is 0 Å². The number of alkyl halides is 6. The number of hydrogen-bond acceptors (Lipinski definition) is 2. The first-order valence-electron chi connectivity index (χ1n) is 11.4. The molecule has 8 heteroatoms. The average molecular weight is 486 g/mol. The first-order chi connectivity index (χ1) is 15.8. The lowest BCUT2D eigenvalue weighted by Gasteiger charge is -2.32. The number of carbonyl (C=O) groups excluding carboxylic acids is 1. The fraction of sp³-hybridized carbons (Fsp3) is 0.500. The fourth-order valence-electron chi connectivity index (χ4n) is 4.56. The van der Waals surface area contributed by atoms with Crippen molar-refractivity contribution < 1.29 is 31.1 Å². The molecule has 0 aliphatic carbocycles. The summed E-state index contributed by atoms with van der Waals surface area (Å²) >= 11 is 0. The maximum absolute atomic E-state index is 13.1. The monoisotopic (exact) mass is 485 g/mol. The quantitative estimate of drug-likeness (QED) is 0.430. The summed E-state index contributed by atoms with van der Waals surface area (Å²) in [4.78, 5) is 12.5. The van der Waals surface area contributed by atoms with Crippen LogP contribution in [0.5, 0.6) is 0 Å². The molecule has 0 radical (unpaired) electrons. The number of hydrogen-bond donors (Lipinski definition) is 1. The summed E-state index contributed by atoms with van der Waals surface area (Å²) in [5, 5.41) is 2.58. The molecule has 1 aliphatic heterocycles. The van der Waals surface area contributed by atoms with Crippen LogP contribution in [0.1, 0.15) is 68.6 Å². The topological polar surface area (TPSA) is 29.1 Å². The van der Waals surface area contributed by atoms with Crippen molar-refractivity contribution in [3.8, 4) is 11.1 Å². The molecule has 1 aliphatic rings. The second-order valence-electron chi connectivity index (χ2n) is 9.53. The Morgan fingerprint density at radius 2 is 1.62 bits per heavy atom. The normalized spacial score (nSPS) is 20.4. The van der Waals surface area contributed by atoms with E-state index in [2.05, 4.69) is 5.32 Å². The van der Waals surface area contributed by atoms with Crippen molar-refractivity contribution in [2.24, 2.45) is 5.92 Å². The van der Waals surface area contributed by atoms with Gasteiger partial charge in [0.25, 0.3) is 0 Å². The molecule has 2 aromatic rings. The molecule has 2 aromatic carbocycles. The van der Waals surface area contributed by atoms with E-state index in [0.717, 1.165) is 23.3 Å². The van der Waals surface area contributed by atoms with E-state index in [-0.39, 0.29) is 30.6 Å². The van der Waals surface area contributed by atoms with Crippen molar-refractivity contribution >= 4 is 5.78 Å². The summed E-state index contributed by atoms with van der Waals surface area (Å²) in [5.74, 6) is -0.384. The van der Waals surface area contributed by atoms with Gasteiger partial charge in [-0.3, -0.25) is 4.79 Å². The molecule has 0 amide bonds. The van der Waals surface area contributed by atoms with Crippen molar-refractivity contribution in [2.75, 3.05) is 6.54 Å². The average Bonchev–Trinajstić information content (AvgIpc) is 2.76. The lowest BCUT2D eigenvalue weighted by molar-refractivity contribution is -0.160. The molecule has 1 fully saturated rings. The van der Waals surface area contributed by atoms with Crippen molar-refractivity contribution in [1.82, 2.24) is 5.32 Å². The minimum atomic E-state index is -4.45. The Morgan fingerprint density at radius 3 is 2.09 bits per heavy atom. The maximum atomic E-state index is 13.1. The molecule has 3 rings (SSSR count). The molecule has 0 unspecified atom stereocenters. The largest absolute Gasteiger partial charge is 0.416 e. The van der Waals surface area contributed by atoms with Gasteiger partial charge in [0, 0.05) is 12.5 Å². The van der Waals surface area contributed by atoms with E-state index in [1.807, 2.05) is 32.0 Å². The molecule has 1 N–H and O–H groups in total. The Labute approximate surface area is 195 Å². The minimum Gasteiger partial charge on any atom is -0.306 e. The SMILES string of the molecule is CC(=O)[C@@H](CC(C)C)c1cc(-c2ccc(C(F)(F)F)cc2)cc([C@H]2CC[C@@H](C(F)(F)F)NC2)c1. The first kappa shape index (κ1) is 26.3. The maximum Gasteiger partial charge on any atom is 0.416 e. The third kappa shape index (κ3) is 6.40. The van der Waals surface area contributed by atoms with Crippen LogP contribution in [0.2, 0.25) is 0 Å². The van der Waals surface area contributed by atoms with E-state index in [9.17, 15) is 31.1 Å². The van der Waals surface area contributed by atoms with Crippen molar-refractivity contribution in [2.45, 2.75) is 70.3 Å². The summed E-state index contributed by atoms with van der Waals surface area (Å²) in [6.07, 6.45) is -7.90. The molecule has 0 aromatic heterocycles. The third-order valence-corrected chi connectivity index (χ3v) is 6.40. The lowest BCUT2D eigenvalue weighted by atomic mass is 9.81. The molecule has 186 valence electrons. The standard InChI is InChI=1S/C26H29F6NO/c1-15(2)10-23(16(3)34)21-12-19(17-4-7-22(8-5-17)25(27,28)29)11-20(13-21)18-6-9-24(33-14-18)26(30,31)32/h4-5,7-8,11-13,15,18,23-24,33H,6,9-10,14H2,1-3H3/t18-,23+,24-/m0/s1. The fourth-order valence-corrected chi connectivity index (χ4v) is 4.56. The second kappa shape index (κ2) is 10.1. The number of Topliss-reactive ketones (excluding diaryl/α,β-unsaturated/α-hetero) is 1. The molecule has 1 saturated heterocycles. The van der Waals surface area contributed by atoms with Crippen LogP contribution >= 0.6 is 0 Å². The molecule has 34 heavy (non-hydrogen) atoms. The van der Waals surface area contributed by atoms with Crippen LogP contribution in [-0.2, 0) is 11.0 Å². The van der Waals surface area contributed by atoms with E-state index in [0.29, 0.717) is 24.0 Å². The molecule has 1 heterocycles. The van der Waals surface area contributed by atoms with Gasteiger partial charge in [0.2, 0.25) is 0 Å². The van der Waals surface area contributed by atoms with Gasteiger partial charge < -0.3 is 5.32 Å². The van der Waals surface area contributed by atoms with Gasteiger partial charge in [-0.15, -0.1) is 0 Å². The van der Waals surface area contributed by atoms with Gasteiger partial charge in [0.1, 0.15) is 11.8 Å². The van der Waals surface area contributed by atoms with Crippen LogP contribution in [0.15, 0.2) is 42.5 Å². The van der Waals surface area contributed by atoms with Crippen LogP contribution in [-0.4, -0.2) is 24.5 Å². The van der Waals surface area contributed by atoms with Crippen LogP contribution in [0.4, 0.5) is 26.3 Å². The Morgan fingerprint density at radius 1 is 0.971 bits per heavy atom. The third-order valence-electron chi connectivity index (χ3n) is 6.40. The zero-order valence-corrected chi connectivity index (χ0v) is 19.4. The smallest absolute Gasteiger partial charge is 0.306 e. The predicted molar refractivity (Wildman–Crippen MR) is 120 cm³/mol. The van der Waals surface area contributed by atoms with Crippen LogP contribution in [0.25, 0.3) is 11.1 Å². The van der Waals surface area contributed by atoms with E-state index in [1.165, 1.54) is 19.1 Å². The Hall–Kier alpha value is -2.35. The Bertz CT molecular complexity index is 986. The van der Waals surface area contributed by atoms with Crippen LogP contribution < -0.4 is 5.32 Å². The van der Waals surface area contributed by atoms with E-state index in [1.54, 1.807) is 0 Å². The number of nitrogens with one attached hydrogen (secondary N) is 1. The van der Waals surface area contributed by atoms with Crippen LogP contribution in [0.3, 0.4) is 0 Å². The summed E-state index contributed by atoms with van der Waals surface area (Å²) in [5.41, 5.74) is 1.97. The highest BCUT2D eigenvalue weighted by Crippen LogP contribution is 2.37. The van der Waals surface area contributed by atoms with Gasteiger partial charge in [-0.05, 0) is 72.4 Å². The lowest BCUT2D eigenvalue weighted by Crippen LogP contribution is -2.47. The van der Waals surface area contributed by atoms with E-state index < -0.39 is 29.9 Å². The zero-order valence-electron chi connectivity index (χ0n) is 19.4. The molecule has 0 spiro atoms. The Balaban J connectivity index is 2.01. The molecular formula is C26H29F6NO. The summed E-state index contributed by atoms with van der Waals surface area (Å²) in [6.45, 7) is 5.64. The van der Waals surface area contributed by atoms with Gasteiger partial charge in [-0.25, -0.2) is 0 Å². The van der Waals surface area contributed by atoms with Gasteiger partial charge >= 0.3 is 12.4 Å². The molecule has 0 bridgehead atoms. The summed E-state index contributed by atoms with van der Waals surface area (Å²) in [6, 6.07) is 8.75. The van der Waals surface area contributed by atoms with E-state index >= 15 is 0 Å². The Kier molecular flexibility index (Phi) is 7.80. The van der Waals surface area contributed by atoms with Crippen LogP contribution in [0, 0.1) is 5.92 Å². The minimum absolute atomic E-state index is 0.0249. The number of halogens is 6. The number of carbonyl (C=O) groups is 1. The second-order valence-corrected chi connectivity index (χ2v) is 9.53. The van der Waals surface area contributed by atoms with Gasteiger partial charge in [-0.1, -0.05) is 44.2 Å². The number of rotatable bonds is 6.